The second-order valence-corrected chi connectivity index (χ2v) is 5.00. The highest BCUT2D eigenvalue weighted by Crippen LogP contribution is 2.30. The van der Waals surface area contributed by atoms with E-state index in [2.05, 4.69) is 0 Å². The van der Waals surface area contributed by atoms with Crippen molar-refractivity contribution in [3.63, 3.8) is 0 Å². The van der Waals surface area contributed by atoms with Gasteiger partial charge in [0.2, 0.25) is 0 Å². The molecule has 18 heavy (non-hydrogen) atoms. The van der Waals surface area contributed by atoms with Crippen molar-refractivity contribution in [1.29, 1.82) is 0 Å². The second-order valence-electron chi connectivity index (χ2n) is 4.04. The first-order valence-electron chi connectivity index (χ1n) is 5.72. The lowest BCUT2D eigenvalue weighted by molar-refractivity contribution is 0.409. The summed E-state index contributed by atoms with van der Waals surface area (Å²) >= 11 is 12.4. The molecule has 1 atom stereocenters. The summed E-state index contributed by atoms with van der Waals surface area (Å²) in [7, 11) is 1.67. The number of halogens is 2. The lowest BCUT2D eigenvalue weighted by Crippen LogP contribution is -1.98. The molecule has 0 heterocycles. The summed E-state index contributed by atoms with van der Waals surface area (Å²) in [5.41, 5.74) is 2.12. The highest BCUT2D eigenvalue weighted by atomic mass is 35.5. The van der Waals surface area contributed by atoms with Gasteiger partial charge in [-0.05, 0) is 35.7 Å². The molecule has 2 aromatic rings. The number of benzene rings is 2. The topological polar surface area (TPSA) is 9.23 Å². The lowest BCUT2D eigenvalue weighted by Gasteiger charge is -2.13. The van der Waals surface area contributed by atoms with Gasteiger partial charge in [0.1, 0.15) is 5.75 Å². The first kappa shape index (κ1) is 13.3. The predicted octanol–water partition coefficient (Wildman–Crippen LogP) is 4.87. The van der Waals surface area contributed by atoms with Crippen LogP contribution in [0.5, 0.6) is 5.75 Å². The number of methoxy groups -OCH3 is 1. The number of ether oxygens (including phenoxy) is 1. The Balaban J connectivity index is 2.18. The van der Waals surface area contributed by atoms with Gasteiger partial charge in [-0.25, -0.2) is 0 Å². The lowest BCUT2D eigenvalue weighted by atomic mass is 10.0. The van der Waals surface area contributed by atoms with Crippen molar-refractivity contribution in [2.75, 3.05) is 7.11 Å². The second kappa shape index (κ2) is 6.12. The zero-order chi connectivity index (χ0) is 13.0. The Morgan fingerprint density at radius 2 is 1.89 bits per heavy atom. The van der Waals surface area contributed by atoms with Gasteiger partial charge in [-0.3, -0.25) is 0 Å². The molecule has 0 spiro atoms. The van der Waals surface area contributed by atoms with Crippen molar-refractivity contribution >= 4 is 23.2 Å². The van der Waals surface area contributed by atoms with E-state index in [-0.39, 0.29) is 5.38 Å². The van der Waals surface area contributed by atoms with Crippen LogP contribution in [0.1, 0.15) is 16.5 Å². The normalized spacial score (nSPS) is 12.2. The first-order chi connectivity index (χ1) is 8.70. The van der Waals surface area contributed by atoms with Crippen LogP contribution in [0, 0.1) is 0 Å². The van der Waals surface area contributed by atoms with E-state index in [9.17, 15) is 0 Å². The van der Waals surface area contributed by atoms with Crippen LogP contribution in [0.4, 0.5) is 0 Å². The average Bonchev–Trinajstić information content (AvgIpc) is 2.39. The molecule has 2 aromatic carbocycles. The van der Waals surface area contributed by atoms with E-state index in [4.69, 9.17) is 27.9 Å². The summed E-state index contributed by atoms with van der Waals surface area (Å²) in [5.74, 6) is 0.866. The Labute approximate surface area is 117 Å². The third-order valence-electron chi connectivity index (χ3n) is 2.80. The molecule has 0 aliphatic carbocycles. The van der Waals surface area contributed by atoms with Crippen molar-refractivity contribution in [3.8, 4) is 5.75 Å². The van der Waals surface area contributed by atoms with Crippen LogP contribution in [0.2, 0.25) is 5.02 Å². The van der Waals surface area contributed by atoms with Gasteiger partial charge in [0.15, 0.2) is 0 Å². The van der Waals surface area contributed by atoms with Crippen molar-refractivity contribution in [2.45, 2.75) is 11.8 Å². The van der Waals surface area contributed by atoms with Crippen LogP contribution in [0.25, 0.3) is 0 Å². The number of para-hydroxylation sites is 1. The Morgan fingerprint density at radius 1 is 1.11 bits per heavy atom. The molecule has 2 rings (SSSR count). The minimum absolute atomic E-state index is 0.111. The van der Waals surface area contributed by atoms with E-state index < -0.39 is 0 Å². The fraction of sp³-hybridized carbons (Fsp3) is 0.200. The van der Waals surface area contributed by atoms with Crippen molar-refractivity contribution < 1.29 is 4.74 Å². The molecule has 1 unspecified atom stereocenters. The summed E-state index contributed by atoms with van der Waals surface area (Å²) in [6.45, 7) is 0. The van der Waals surface area contributed by atoms with Crippen LogP contribution in [0.15, 0.2) is 48.5 Å². The average molecular weight is 281 g/mol. The third-order valence-corrected chi connectivity index (χ3v) is 3.44. The Hall–Kier alpha value is -1.18. The minimum atomic E-state index is -0.111. The standard InChI is InChI=1S/C15H14Cl2O/c1-18-15-8-3-2-5-12(15)10-14(17)11-6-4-7-13(16)9-11/h2-9,14H,10H2,1H3. The molecular weight excluding hydrogens is 267 g/mol. The molecule has 0 saturated heterocycles. The van der Waals surface area contributed by atoms with Gasteiger partial charge < -0.3 is 4.74 Å². The van der Waals surface area contributed by atoms with Gasteiger partial charge in [-0.15, -0.1) is 11.6 Å². The third kappa shape index (κ3) is 3.18. The van der Waals surface area contributed by atoms with Crippen LogP contribution in [-0.4, -0.2) is 7.11 Å². The molecule has 0 N–H and O–H groups in total. The van der Waals surface area contributed by atoms with E-state index in [1.807, 2.05) is 48.5 Å². The van der Waals surface area contributed by atoms with Crippen LogP contribution in [-0.2, 0) is 6.42 Å². The van der Waals surface area contributed by atoms with Gasteiger partial charge in [0, 0.05) is 5.02 Å². The van der Waals surface area contributed by atoms with Gasteiger partial charge in [-0.2, -0.15) is 0 Å². The van der Waals surface area contributed by atoms with E-state index in [1.165, 1.54) is 0 Å². The maximum Gasteiger partial charge on any atom is 0.122 e. The molecule has 3 heteroatoms. The fourth-order valence-corrected chi connectivity index (χ4v) is 2.38. The molecule has 1 nitrogen and oxygen atoms in total. The zero-order valence-electron chi connectivity index (χ0n) is 10.1. The van der Waals surface area contributed by atoms with E-state index in [0.29, 0.717) is 11.4 Å². The summed E-state index contributed by atoms with van der Waals surface area (Å²) in [6.07, 6.45) is 0.714. The van der Waals surface area contributed by atoms with E-state index in [1.54, 1.807) is 7.11 Å². The Kier molecular flexibility index (Phi) is 4.51. The molecule has 0 aliphatic heterocycles. The van der Waals surface area contributed by atoms with Gasteiger partial charge in [0.25, 0.3) is 0 Å². The fourth-order valence-electron chi connectivity index (χ4n) is 1.88. The molecule has 0 radical (unpaired) electrons. The smallest absolute Gasteiger partial charge is 0.122 e. The molecule has 0 fully saturated rings. The van der Waals surface area contributed by atoms with Crippen LogP contribution in [0.3, 0.4) is 0 Å². The summed E-state index contributed by atoms with van der Waals surface area (Å²) in [6, 6.07) is 15.5. The van der Waals surface area contributed by atoms with Gasteiger partial charge in [0.05, 0.1) is 12.5 Å². The van der Waals surface area contributed by atoms with Crippen molar-refractivity contribution in [3.05, 3.63) is 64.7 Å². The van der Waals surface area contributed by atoms with Crippen LogP contribution < -0.4 is 4.74 Å². The monoisotopic (exact) mass is 280 g/mol. The van der Waals surface area contributed by atoms with Gasteiger partial charge in [-0.1, -0.05) is 41.9 Å². The largest absolute Gasteiger partial charge is 0.496 e. The Morgan fingerprint density at radius 3 is 2.61 bits per heavy atom. The number of hydrogen-bond donors (Lipinski definition) is 0. The molecule has 94 valence electrons. The number of alkyl halides is 1. The van der Waals surface area contributed by atoms with E-state index in [0.717, 1.165) is 16.9 Å². The SMILES string of the molecule is COc1ccccc1CC(Cl)c1cccc(Cl)c1. The molecule has 0 saturated carbocycles. The highest BCUT2D eigenvalue weighted by Gasteiger charge is 2.12. The van der Waals surface area contributed by atoms with Crippen LogP contribution >= 0.6 is 23.2 Å². The minimum Gasteiger partial charge on any atom is -0.496 e. The predicted molar refractivity (Wildman–Crippen MR) is 76.7 cm³/mol. The molecular formula is C15H14Cl2O. The summed E-state index contributed by atoms with van der Waals surface area (Å²) in [4.78, 5) is 0. The summed E-state index contributed by atoms with van der Waals surface area (Å²) in [5, 5.41) is 0.596. The van der Waals surface area contributed by atoms with Gasteiger partial charge >= 0.3 is 0 Å². The highest BCUT2D eigenvalue weighted by molar-refractivity contribution is 6.30. The number of rotatable bonds is 4. The van der Waals surface area contributed by atoms with Crippen molar-refractivity contribution in [2.24, 2.45) is 0 Å². The molecule has 0 aromatic heterocycles. The maximum absolute atomic E-state index is 6.43. The molecule has 0 amide bonds. The first-order valence-corrected chi connectivity index (χ1v) is 6.53. The maximum atomic E-state index is 6.43. The molecule has 0 bridgehead atoms. The quantitative estimate of drug-likeness (QED) is 0.726. The van der Waals surface area contributed by atoms with Crippen molar-refractivity contribution in [1.82, 2.24) is 0 Å². The van der Waals surface area contributed by atoms with E-state index >= 15 is 0 Å². The zero-order valence-corrected chi connectivity index (χ0v) is 11.6. The Bertz CT molecular complexity index is 525. The molecule has 0 aliphatic rings. The number of hydrogen-bond acceptors (Lipinski definition) is 1. The summed E-state index contributed by atoms with van der Waals surface area (Å²) < 4.78 is 5.32.